The van der Waals surface area contributed by atoms with Gasteiger partial charge in [0.2, 0.25) is 5.91 Å². The van der Waals surface area contributed by atoms with Crippen LogP contribution in [-0.4, -0.2) is 43.6 Å². The number of nitrogens with one attached hydrogen (secondary N) is 1. The molecule has 0 saturated carbocycles. The zero-order valence-corrected chi connectivity index (χ0v) is 16.2. The van der Waals surface area contributed by atoms with Gasteiger partial charge in [0.05, 0.1) is 13.2 Å². The van der Waals surface area contributed by atoms with Gasteiger partial charge in [0.25, 0.3) is 0 Å². The van der Waals surface area contributed by atoms with Crippen molar-refractivity contribution < 1.29 is 9.53 Å². The van der Waals surface area contributed by atoms with Gasteiger partial charge in [0.15, 0.2) is 0 Å². The van der Waals surface area contributed by atoms with Gasteiger partial charge in [-0.3, -0.25) is 9.69 Å². The number of halogens is 1. The van der Waals surface area contributed by atoms with E-state index in [0.29, 0.717) is 26.2 Å². The fraction of sp³-hybridized carbons (Fsp3) is 0.632. The lowest BCUT2D eigenvalue weighted by atomic mass is 9.90. The van der Waals surface area contributed by atoms with Gasteiger partial charge < -0.3 is 15.8 Å². The maximum Gasteiger partial charge on any atom is 0.234 e. The van der Waals surface area contributed by atoms with Crippen molar-refractivity contribution in [2.75, 3.05) is 32.8 Å². The summed E-state index contributed by atoms with van der Waals surface area (Å²) in [6.07, 6.45) is 2.07. The van der Waals surface area contributed by atoms with Gasteiger partial charge in [-0.05, 0) is 42.5 Å². The number of nitrogens with two attached hydrogens (primary N) is 1. The first-order valence-electron chi connectivity index (χ1n) is 8.90. The maximum atomic E-state index is 12.2. The molecular formula is C19H32ClN3O2. The van der Waals surface area contributed by atoms with Crippen molar-refractivity contribution in [2.24, 2.45) is 11.1 Å². The highest BCUT2D eigenvalue weighted by molar-refractivity contribution is 5.85. The average Bonchev–Trinajstić information content (AvgIpc) is 2.96. The SMILES string of the molecule is CCCOCc1ccccc1CNC(=O)CN1CCC(C)(CN)C1.Cl. The van der Waals surface area contributed by atoms with Crippen molar-refractivity contribution in [1.29, 1.82) is 0 Å². The van der Waals surface area contributed by atoms with Crippen molar-refractivity contribution in [1.82, 2.24) is 10.2 Å². The Bertz CT molecular complexity index is 541. The Morgan fingerprint density at radius 2 is 2.08 bits per heavy atom. The quantitative estimate of drug-likeness (QED) is 0.655. The molecule has 2 rings (SSSR count). The standard InChI is InChI=1S/C19H31N3O2.ClH/c1-3-10-24-13-17-7-5-4-6-16(17)11-21-18(23)12-22-9-8-19(2,14-20)15-22;/h4-7H,3,8-15,20H2,1-2H3,(H,21,23);1H. The highest BCUT2D eigenvalue weighted by Gasteiger charge is 2.32. The summed E-state index contributed by atoms with van der Waals surface area (Å²) >= 11 is 0. The number of likely N-dealkylation sites (tertiary alicyclic amines) is 1. The van der Waals surface area contributed by atoms with Crippen LogP contribution in [0.15, 0.2) is 24.3 Å². The number of carbonyl (C=O) groups is 1. The summed E-state index contributed by atoms with van der Waals surface area (Å²) in [5.74, 6) is 0.0700. The number of ether oxygens (including phenoxy) is 1. The van der Waals surface area contributed by atoms with E-state index in [2.05, 4.69) is 30.1 Å². The van der Waals surface area contributed by atoms with E-state index in [9.17, 15) is 4.79 Å². The van der Waals surface area contributed by atoms with Crippen molar-refractivity contribution in [2.45, 2.75) is 39.8 Å². The van der Waals surface area contributed by atoms with E-state index in [1.165, 1.54) is 0 Å². The zero-order chi connectivity index (χ0) is 17.4. The van der Waals surface area contributed by atoms with Gasteiger partial charge in [-0.25, -0.2) is 0 Å². The molecule has 1 amide bonds. The van der Waals surface area contributed by atoms with Gasteiger partial charge in [-0.2, -0.15) is 0 Å². The molecule has 0 radical (unpaired) electrons. The molecule has 0 aliphatic carbocycles. The molecule has 1 unspecified atom stereocenters. The summed E-state index contributed by atoms with van der Waals surface area (Å²) in [6, 6.07) is 8.11. The Morgan fingerprint density at radius 1 is 1.36 bits per heavy atom. The normalized spacial score (nSPS) is 20.3. The Balaban J connectivity index is 0.00000312. The molecule has 1 aromatic carbocycles. The van der Waals surface area contributed by atoms with Gasteiger partial charge >= 0.3 is 0 Å². The molecule has 1 aromatic rings. The largest absolute Gasteiger partial charge is 0.377 e. The molecule has 3 N–H and O–H groups in total. The average molecular weight is 370 g/mol. The number of hydrogen-bond donors (Lipinski definition) is 2. The van der Waals surface area contributed by atoms with Crippen LogP contribution in [0.4, 0.5) is 0 Å². The van der Waals surface area contributed by atoms with E-state index in [-0.39, 0.29) is 23.7 Å². The molecular weight excluding hydrogens is 338 g/mol. The van der Waals surface area contributed by atoms with Crippen LogP contribution in [0.3, 0.4) is 0 Å². The first-order chi connectivity index (χ1) is 11.6. The van der Waals surface area contributed by atoms with Crippen molar-refractivity contribution in [3.8, 4) is 0 Å². The summed E-state index contributed by atoms with van der Waals surface area (Å²) in [4.78, 5) is 14.4. The molecule has 25 heavy (non-hydrogen) atoms. The van der Waals surface area contributed by atoms with Crippen LogP contribution in [0.2, 0.25) is 0 Å². The fourth-order valence-electron chi connectivity index (χ4n) is 3.08. The van der Waals surface area contributed by atoms with Crippen LogP contribution in [0.5, 0.6) is 0 Å². The molecule has 0 aromatic heterocycles. The number of hydrogen-bond acceptors (Lipinski definition) is 4. The number of nitrogens with zero attached hydrogens (tertiary/aromatic N) is 1. The minimum absolute atomic E-state index is 0. The summed E-state index contributed by atoms with van der Waals surface area (Å²) in [7, 11) is 0. The highest BCUT2D eigenvalue weighted by Crippen LogP contribution is 2.27. The van der Waals surface area contributed by atoms with E-state index in [1.807, 2.05) is 18.2 Å². The third-order valence-electron chi connectivity index (χ3n) is 4.70. The summed E-state index contributed by atoms with van der Waals surface area (Å²) in [6.45, 7) is 9.17. The van der Waals surface area contributed by atoms with Gasteiger partial charge in [0.1, 0.15) is 0 Å². The summed E-state index contributed by atoms with van der Waals surface area (Å²) in [5, 5.41) is 3.03. The minimum Gasteiger partial charge on any atom is -0.377 e. The predicted molar refractivity (Wildman–Crippen MR) is 104 cm³/mol. The monoisotopic (exact) mass is 369 g/mol. The van der Waals surface area contributed by atoms with E-state index < -0.39 is 0 Å². The Morgan fingerprint density at radius 3 is 2.72 bits per heavy atom. The van der Waals surface area contributed by atoms with E-state index in [0.717, 1.165) is 43.7 Å². The molecule has 1 atom stereocenters. The molecule has 1 aliphatic heterocycles. The topological polar surface area (TPSA) is 67.6 Å². The molecule has 1 fully saturated rings. The smallest absolute Gasteiger partial charge is 0.234 e. The third-order valence-corrected chi connectivity index (χ3v) is 4.70. The molecule has 6 heteroatoms. The van der Waals surface area contributed by atoms with Crippen molar-refractivity contribution in [3.63, 3.8) is 0 Å². The van der Waals surface area contributed by atoms with Crippen molar-refractivity contribution in [3.05, 3.63) is 35.4 Å². The first-order valence-corrected chi connectivity index (χ1v) is 8.90. The van der Waals surface area contributed by atoms with Gasteiger partial charge in [-0.15, -0.1) is 12.4 Å². The molecule has 142 valence electrons. The Hall–Kier alpha value is -1.14. The number of benzene rings is 1. The van der Waals surface area contributed by atoms with Gasteiger partial charge in [0, 0.05) is 19.7 Å². The second-order valence-electron chi connectivity index (χ2n) is 7.07. The Labute approximate surface area is 157 Å². The molecule has 1 saturated heterocycles. The zero-order valence-electron chi connectivity index (χ0n) is 15.4. The highest BCUT2D eigenvalue weighted by atomic mass is 35.5. The lowest BCUT2D eigenvalue weighted by Crippen LogP contribution is -2.38. The molecule has 1 heterocycles. The molecule has 1 aliphatic rings. The van der Waals surface area contributed by atoms with Crippen LogP contribution in [0.1, 0.15) is 37.8 Å². The first kappa shape index (κ1) is 21.9. The Kier molecular flexibility index (Phi) is 9.43. The molecule has 0 spiro atoms. The summed E-state index contributed by atoms with van der Waals surface area (Å²) < 4.78 is 5.63. The van der Waals surface area contributed by atoms with Crippen LogP contribution >= 0.6 is 12.4 Å². The second kappa shape index (κ2) is 10.8. The number of rotatable bonds is 9. The third kappa shape index (κ3) is 6.94. The predicted octanol–water partition coefficient (Wildman–Crippen LogP) is 2.32. The van der Waals surface area contributed by atoms with Crippen LogP contribution in [-0.2, 0) is 22.7 Å². The van der Waals surface area contributed by atoms with Crippen LogP contribution < -0.4 is 11.1 Å². The fourth-order valence-corrected chi connectivity index (χ4v) is 3.08. The number of carbonyl (C=O) groups excluding carboxylic acids is 1. The number of amides is 1. The lowest BCUT2D eigenvalue weighted by Gasteiger charge is -2.22. The van der Waals surface area contributed by atoms with E-state index in [1.54, 1.807) is 0 Å². The van der Waals surface area contributed by atoms with Crippen LogP contribution in [0.25, 0.3) is 0 Å². The second-order valence-corrected chi connectivity index (χ2v) is 7.07. The lowest BCUT2D eigenvalue weighted by molar-refractivity contribution is -0.122. The van der Waals surface area contributed by atoms with Gasteiger partial charge in [-0.1, -0.05) is 38.1 Å². The van der Waals surface area contributed by atoms with Crippen molar-refractivity contribution >= 4 is 18.3 Å². The summed E-state index contributed by atoms with van der Waals surface area (Å²) in [5.41, 5.74) is 8.24. The molecule has 5 nitrogen and oxygen atoms in total. The minimum atomic E-state index is 0. The van der Waals surface area contributed by atoms with E-state index >= 15 is 0 Å². The van der Waals surface area contributed by atoms with E-state index in [4.69, 9.17) is 10.5 Å². The molecule has 0 bridgehead atoms. The van der Waals surface area contributed by atoms with Crippen LogP contribution in [0, 0.1) is 5.41 Å². The maximum absolute atomic E-state index is 12.2.